The van der Waals surface area contributed by atoms with Crippen molar-refractivity contribution in [2.45, 2.75) is 39.8 Å². The van der Waals surface area contributed by atoms with E-state index in [0.717, 1.165) is 40.3 Å². The quantitative estimate of drug-likeness (QED) is 0.863. The second-order valence-corrected chi connectivity index (χ2v) is 6.31. The average molecular weight is 340 g/mol. The van der Waals surface area contributed by atoms with Crippen LogP contribution in [0.25, 0.3) is 0 Å². The van der Waals surface area contributed by atoms with Crippen molar-refractivity contribution in [1.82, 2.24) is 5.32 Å². The smallest absolute Gasteiger partial charge is 0.319 e. The molecule has 0 aromatic heterocycles. The summed E-state index contributed by atoms with van der Waals surface area (Å²) in [6.45, 7) is 6.96. The Morgan fingerprint density at radius 1 is 1.28 bits per heavy atom. The lowest BCUT2D eigenvalue weighted by Crippen LogP contribution is -2.28. The highest BCUT2D eigenvalue weighted by Gasteiger charge is 2.22. The Hall–Kier alpha value is -2.69. The van der Waals surface area contributed by atoms with E-state index in [1.54, 1.807) is 0 Å². The normalized spacial score (nSPS) is 15.2. The molecule has 0 saturated heterocycles. The Balaban J connectivity index is 1.66. The lowest BCUT2D eigenvalue weighted by Gasteiger charge is -2.14. The van der Waals surface area contributed by atoms with Crippen molar-refractivity contribution >= 4 is 11.7 Å². The van der Waals surface area contributed by atoms with Gasteiger partial charge in [-0.3, -0.25) is 0 Å². The summed E-state index contributed by atoms with van der Waals surface area (Å²) >= 11 is 0. The summed E-state index contributed by atoms with van der Waals surface area (Å²) in [6.07, 6.45) is 1.06. The number of hydrogen-bond donors (Lipinski definition) is 2. The van der Waals surface area contributed by atoms with E-state index >= 15 is 0 Å². The maximum atomic E-state index is 12.1. The molecule has 0 radical (unpaired) electrons. The van der Waals surface area contributed by atoms with Gasteiger partial charge in [-0.15, -0.1) is 0 Å². The van der Waals surface area contributed by atoms with Gasteiger partial charge in [-0.1, -0.05) is 17.7 Å². The highest BCUT2D eigenvalue weighted by Crippen LogP contribution is 2.35. The van der Waals surface area contributed by atoms with Crippen molar-refractivity contribution < 1.29 is 14.3 Å². The zero-order valence-corrected chi connectivity index (χ0v) is 14.9. The van der Waals surface area contributed by atoms with Crippen molar-refractivity contribution in [1.29, 1.82) is 0 Å². The van der Waals surface area contributed by atoms with Crippen LogP contribution in [0.2, 0.25) is 0 Å². The number of rotatable bonds is 5. The Bertz CT molecular complexity index is 756. The Labute approximate surface area is 148 Å². The molecule has 132 valence electrons. The molecule has 2 aromatic rings. The van der Waals surface area contributed by atoms with Crippen molar-refractivity contribution in [3.63, 3.8) is 0 Å². The molecule has 1 aliphatic heterocycles. The molecule has 0 aliphatic carbocycles. The molecule has 1 aliphatic rings. The van der Waals surface area contributed by atoms with Gasteiger partial charge in [-0.25, -0.2) is 4.79 Å². The van der Waals surface area contributed by atoms with Crippen LogP contribution in [0, 0.1) is 6.92 Å². The van der Waals surface area contributed by atoms with Crippen LogP contribution < -0.4 is 20.1 Å². The maximum Gasteiger partial charge on any atom is 0.319 e. The van der Waals surface area contributed by atoms with Gasteiger partial charge in [0.2, 0.25) is 0 Å². The highest BCUT2D eigenvalue weighted by atomic mass is 16.5. The summed E-state index contributed by atoms with van der Waals surface area (Å²) in [5, 5.41) is 5.71. The van der Waals surface area contributed by atoms with Gasteiger partial charge in [0.25, 0.3) is 0 Å². The van der Waals surface area contributed by atoms with Crippen LogP contribution in [0.1, 0.15) is 30.5 Å². The Kier molecular flexibility index (Phi) is 5.12. The molecule has 0 spiro atoms. The fourth-order valence-electron chi connectivity index (χ4n) is 2.90. The first kappa shape index (κ1) is 17.1. The first-order chi connectivity index (χ1) is 12.0. The highest BCUT2D eigenvalue weighted by molar-refractivity contribution is 5.89. The summed E-state index contributed by atoms with van der Waals surface area (Å²) in [5.41, 5.74) is 3.98. The van der Waals surface area contributed by atoms with E-state index in [1.807, 2.05) is 57.2 Å². The fraction of sp³-hybridized carbons (Fsp3) is 0.350. The lowest BCUT2D eigenvalue weighted by atomic mass is 10.1. The minimum Gasteiger partial charge on any atom is -0.494 e. The SMILES string of the molecule is CCOc1cc2c(cc1CNC(=O)Nc1ccc(C)cc1)O[C@@H](C)C2. The van der Waals surface area contributed by atoms with Gasteiger partial charge in [0.15, 0.2) is 0 Å². The number of benzene rings is 2. The molecule has 5 nitrogen and oxygen atoms in total. The number of fused-ring (bicyclic) bond motifs is 1. The van der Waals surface area contributed by atoms with E-state index in [0.29, 0.717) is 13.2 Å². The van der Waals surface area contributed by atoms with Crippen LogP contribution in [-0.4, -0.2) is 18.7 Å². The number of carbonyl (C=O) groups is 1. The lowest BCUT2D eigenvalue weighted by molar-refractivity contribution is 0.250. The van der Waals surface area contributed by atoms with E-state index in [9.17, 15) is 4.79 Å². The number of nitrogens with one attached hydrogen (secondary N) is 2. The van der Waals surface area contributed by atoms with Crippen LogP contribution in [0.5, 0.6) is 11.5 Å². The number of ether oxygens (including phenoxy) is 2. The van der Waals surface area contributed by atoms with Crippen LogP contribution in [-0.2, 0) is 13.0 Å². The third-order valence-corrected chi connectivity index (χ3v) is 4.13. The van der Waals surface area contributed by atoms with Crippen molar-refractivity contribution in [3.05, 3.63) is 53.1 Å². The molecule has 25 heavy (non-hydrogen) atoms. The van der Waals surface area contributed by atoms with E-state index in [4.69, 9.17) is 9.47 Å². The molecular formula is C20H24N2O3. The molecule has 0 bridgehead atoms. The number of aryl methyl sites for hydroxylation is 1. The number of hydrogen-bond acceptors (Lipinski definition) is 3. The number of urea groups is 1. The molecular weight excluding hydrogens is 316 g/mol. The van der Waals surface area contributed by atoms with E-state index in [2.05, 4.69) is 10.6 Å². The molecule has 0 fully saturated rings. The standard InChI is InChI=1S/C20H24N2O3/c1-4-24-18-10-15-9-14(3)25-19(15)11-16(18)12-21-20(23)22-17-7-5-13(2)6-8-17/h5-8,10-11,14H,4,9,12H2,1-3H3,(H2,21,22,23)/t14-/m0/s1. The topological polar surface area (TPSA) is 59.6 Å². The van der Waals surface area contributed by atoms with Gasteiger partial charge in [0, 0.05) is 29.8 Å². The second kappa shape index (κ2) is 7.47. The summed E-state index contributed by atoms with van der Waals surface area (Å²) in [6, 6.07) is 11.4. The van der Waals surface area contributed by atoms with Crippen molar-refractivity contribution in [2.75, 3.05) is 11.9 Å². The molecule has 1 atom stereocenters. The molecule has 1 heterocycles. The van der Waals surface area contributed by atoms with Gasteiger partial charge >= 0.3 is 6.03 Å². The van der Waals surface area contributed by atoms with Crippen LogP contribution in [0.15, 0.2) is 36.4 Å². The third-order valence-electron chi connectivity index (χ3n) is 4.13. The minimum atomic E-state index is -0.249. The molecule has 0 unspecified atom stereocenters. The summed E-state index contributed by atoms with van der Waals surface area (Å²) < 4.78 is 11.5. The monoisotopic (exact) mass is 340 g/mol. The predicted octanol–water partition coefficient (Wildman–Crippen LogP) is 4.04. The molecule has 2 aromatic carbocycles. The van der Waals surface area contributed by atoms with Gasteiger partial charge in [0.1, 0.15) is 17.6 Å². The molecule has 2 amide bonds. The Morgan fingerprint density at radius 2 is 2.04 bits per heavy atom. The van der Waals surface area contributed by atoms with E-state index in [-0.39, 0.29) is 12.1 Å². The van der Waals surface area contributed by atoms with E-state index < -0.39 is 0 Å². The van der Waals surface area contributed by atoms with Crippen LogP contribution in [0.3, 0.4) is 0 Å². The van der Waals surface area contributed by atoms with E-state index in [1.165, 1.54) is 0 Å². The molecule has 2 N–H and O–H groups in total. The van der Waals surface area contributed by atoms with Gasteiger partial charge in [-0.2, -0.15) is 0 Å². The second-order valence-electron chi connectivity index (χ2n) is 6.31. The van der Waals surface area contributed by atoms with Crippen molar-refractivity contribution in [2.24, 2.45) is 0 Å². The predicted molar refractivity (Wildman–Crippen MR) is 98.4 cm³/mol. The summed E-state index contributed by atoms with van der Waals surface area (Å²) in [7, 11) is 0. The first-order valence-electron chi connectivity index (χ1n) is 8.62. The Morgan fingerprint density at radius 3 is 2.76 bits per heavy atom. The van der Waals surface area contributed by atoms with Crippen LogP contribution in [0.4, 0.5) is 10.5 Å². The summed E-state index contributed by atoms with van der Waals surface area (Å²) in [5.74, 6) is 1.68. The largest absolute Gasteiger partial charge is 0.494 e. The molecule has 5 heteroatoms. The van der Waals surface area contributed by atoms with Gasteiger partial charge in [0.05, 0.1) is 6.61 Å². The van der Waals surface area contributed by atoms with Gasteiger partial charge < -0.3 is 20.1 Å². The zero-order valence-electron chi connectivity index (χ0n) is 14.9. The first-order valence-corrected chi connectivity index (χ1v) is 8.62. The maximum absolute atomic E-state index is 12.1. The van der Waals surface area contributed by atoms with Crippen molar-refractivity contribution in [3.8, 4) is 11.5 Å². The summed E-state index contributed by atoms with van der Waals surface area (Å²) in [4.78, 5) is 12.1. The number of amides is 2. The third kappa shape index (κ3) is 4.24. The number of carbonyl (C=O) groups excluding carboxylic acids is 1. The van der Waals surface area contributed by atoms with Gasteiger partial charge in [-0.05, 0) is 45.0 Å². The molecule has 0 saturated carbocycles. The molecule has 3 rings (SSSR count). The van der Waals surface area contributed by atoms with Crippen LogP contribution >= 0.6 is 0 Å². The minimum absolute atomic E-state index is 0.178. The zero-order chi connectivity index (χ0) is 17.8. The fourth-order valence-corrected chi connectivity index (χ4v) is 2.90. The number of anilines is 1. The average Bonchev–Trinajstić information content (AvgIpc) is 2.94.